The van der Waals surface area contributed by atoms with Crippen molar-refractivity contribution in [3.8, 4) is 5.75 Å². The smallest absolute Gasteiger partial charge is 0.125 e. The summed E-state index contributed by atoms with van der Waals surface area (Å²) in [4.78, 5) is 7.96. The molecule has 0 aliphatic rings. The van der Waals surface area contributed by atoms with E-state index in [0.29, 0.717) is 10.8 Å². The summed E-state index contributed by atoms with van der Waals surface area (Å²) in [5.74, 6) is 6.27. The Morgan fingerprint density at radius 1 is 1.33 bits per heavy atom. The SMILES string of the molecule is COc1cc(Cl)ccc1C(NN)c1cncnc1. The minimum absolute atomic E-state index is 0.251. The molecule has 0 saturated heterocycles. The number of hydrogen-bond donors (Lipinski definition) is 2. The van der Waals surface area contributed by atoms with E-state index in [2.05, 4.69) is 15.4 Å². The Kier molecular flexibility index (Phi) is 4.09. The van der Waals surface area contributed by atoms with Crippen molar-refractivity contribution < 1.29 is 4.74 Å². The molecule has 1 aromatic heterocycles. The molecule has 2 rings (SSSR count). The van der Waals surface area contributed by atoms with Crippen LogP contribution >= 0.6 is 11.6 Å². The molecular formula is C12H13ClN4O. The number of benzene rings is 1. The fourth-order valence-corrected chi connectivity index (χ4v) is 1.91. The summed E-state index contributed by atoms with van der Waals surface area (Å²) >= 11 is 5.93. The topological polar surface area (TPSA) is 73.1 Å². The average Bonchev–Trinajstić information content (AvgIpc) is 2.42. The molecule has 0 fully saturated rings. The average molecular weight is 265 g/mol. The highest BCUT2D eigenvalue weighted by Crippen LogP contribution is 2.31. The van der Waals surface area contributed by atoms with Gasteiger partial charge in [0.25, 0.3) is 0 Å². The number of ether oxygens (including phenoxy) is 1. The molecule has 0 saturated carbocycles. The molecule has 0 bridgehead atoms. The van der Waals surface area contributed by atoms with Gasteiger partial charge in [-0.25, -0.2) is 15.4 Å². The van der Waals surface area contributed by atoms with Crippen LogP contribution in [0.2, 0.25) is 5.02 Å². The van der Waals surface area contributed by atoms with Crippen molar-refractivity contribution in [3.63, 3.8) is 0 Å². The minimum Gasteiger partial charge on any atom is -0.496 e. The number of nitrogens with one attached hydrogen (secondary N) is 1. The fraction of sp³-hybridized carbons (Fsp3) is 0.167. The van der Waals surface area contributed by atoms with Crippen LogP contribution < -0.4 is 16.0 Å². The number of aromatic nitrogens is 2. The third kappa shape index (κ3) is 2.59. The van der Waals surface area contributed by atoms with E-state index in [4.69, 9.17) is 22.2 Å². The van der Waals surface area contributed by atoms with Crippen LogP contribution in [-0.2, 0) is 0 Å². The summed E-state index contributed by atoms with van der Waals surface area (Å²) in [6, 6.07) is 5.13. The lowest BCUT2D eigenvalue weighted by atomic mass is 10.0. The highest BCUT2D eigenvalue weighted by molar-refractivity contribution is 6.30. The zero-order valence-electron chi connectivity index (χ0n) is 9.80. The van der Waals surface area contributed by atoms with E-state index in [0.717, 1.165) is 11.1 Å². The molecular weight excluding hydrogens is 252 g/mol. The van der Waals surface area contributed by atoms with E-state index in [1.807, 2.05) is 6.07 Å². The Hall–Kier alpha value is -1.69. The first-order chi connectivity index (χ1) is 8.76. The van der Waals surface area contributed by atoms with Crippen LogP contribution in [0, 0.1) is 0 Å². The zero-order valence-corrected chi connectivity index (χ0v) is 10.6. The van der Waals surface area contributed by atoms with Crippen molar-refractivity contribution in [1.29, 1.82) is 0 Å². The Morgan fingerprint density at radius 3 is 2.67 bits per heavy atom. The lowest BCUT2D eigenvalue weighted by Crippen LogP contribution is -2.29. The molecule has 1 heterocycles. The van der Waals surface area contributed by atoms with E-state index < -0.39 is 0 Å². The van der Waals surface area contributed by atoms with Crippen molar-refractivity contribution in [2.24, 2.45) is 5.84 Å². The van der Waals surface area contributed by atoms with Gasteiger partial charge in [-0.1, -0.05) is 17.7 Å². The predicted molar refractivity (Wildman–Crippen MR) is 69.2 cm³/mol. The van der Waals surface area contributed by atoms with Crippen LogP contribution in [0.1, 0.15) is 17.2 Å². The number of hydrazine groups is 1. The molecule has 1 aromatic carbocycles. The number of hydrogen-bond acceptors (Lipinski definition) is 5. The summed E-state index contributed by atoms with van der Waals surface area (Å²) in [6.07, 6.45) is 4.87. The molecule has 6 heteroatoms. The summed E-state index contributed by atoms with van der Waals surface area (Å²) in [6.45, 7) is 0. The number of halogens is 1. The number of nitrogens with two attached hydrogens (primary N) is 1. The third-order valence-corrected chi connectivity index (χ3v) is 2.82. The molecule has 1 atom stereocenters. The van der Waals surface area contributed by atoms with Gasteiger partial charge in [0.05, 0.1) is 13.2 Å². The van der Waals surface area contributed by atoms with E-state index >= 15 is 0 Å². The van der Waals surface area contributed by atoms with Gasteiger partial charge in [0.1, 0.15) is 12.1 Å². The van der Waals surface area contributed by atoms with Gasteiger partial charge in [-0.05, 0) is 12.1 Å². The number of rotatable bonds is 4. The van der Waals surface area contributed by atoms with Gasteiger partial charge >= 0.3 is 0 Å². The third-order valence-electron chi connectivity index (χ3n) is 2.59. The van der Waals surface area contributed by atoms with E-state index in [1.54, 1.807) is 31.6 Å². The second-order valence-electron chi connectivity index (χ2n) is 3.66. The summed E-state index contributed by atoms with van der Waals surface area (Å²) < 4.78 is 5.31. The van der Waals surface area contributed by atoms with Crippen molar-refractivity contribution in [2.75, 3.05) is 7.11 Å². The van der Waals surface area contributed by atoms with E-state index in [1.165, 1.54) is 6.33 Å². The molecule has 0 radical (unpaired) electrons. The molecule has 1 unspecified atom stereocenters. The molecule has 0 aliphatic carbocycles. The monoisotopic (exact) mass is 264 g/mol. The van der Waals surface area contributed by atoms with Crippen molar-refractivity contribution >= 4 is 11.6 Å². The molecule has 0 aliphatic heterocycles. The van der Waals surface area contributed by atoms with Gasteiger partial charge in [0.2, 0.25) is 0 Å². The second-order valence-corrected chi connectivity index (χ2v) is 4.09. The molecule has 3 N–H and O–H groups in total. The summed E-state index contributed by atoms with van der Waals surface area (Å²) in [5.41, 5.74) is 4.45. The highest BCUT2D eigenvalue weighted by atomic mass is 35.5. The lowest BCUT2D eigenvalue weighted by Gasteiger charge is -2.19. The highest BCUT2D eigenvalue weighted by Gasteiger charge is 2.17. The maximum absolute atomic E-state index is 5.93. The normalized spacial score (nSPS) is 12.2. The predicted octanol–water partition coefficient (Wildman–Crippen LogP) is 1.69. The summed E-state index contributed by atoms with van der Waals surface area (Å²) in [5, 5.41) is 0.607. The van der Waals surface area contributed by atoms with E-state index in [9.17, 15) is 0 Å². The maximum Gasteiger partial charge on any atom is 0.125 e. The largest absolute Gasteiger partial charge is 0.496 e. The first-order valence-electron chi connectivity index (χ1n) is 5.30. The van der Waals surface area contributed by atoms with Crippen molar-refractivity contribution in [1.82, 2.24) is 15.4 Å². The van der Waals surface area contributed by atoms with Crippen LogP contribution in [0.3, 0.4) is 0 Å². The van der Waals surface area contributed by atoms with Gasteiger partial charge < -0.3 is 4.74 Å². The van der Waals surface area contributed by atoms with Gasteiger partial charge in [-0.15, -0.1) is 0 Å². The van der Waals surface area contributed by atoms with Crippen molar-refractivity contribution in [2.45, 2.75) is 6.04 Å². The van der Waals surface area contributed by atoms with Crippen LogP contribution in [-0.4, -0.2) is 17.1 Å². The van der Waals surface area contributed by atoms with Gasteiger partial charge in [0, 0.05) is 28.5 Å². The molecule has 2 aromatic rings. The maximum atomic E-state index is 5.93. The second kappa shape index (κ2) is 5.77. The standard InChI is InChI=1S/C12H13ClN4O/c1-18-11-4-9(13)2-3-10(11)12(17-14)8-5-15-7-16-6-8/h2-7,12,17H,14H2,1H3. The van der Waals surface area contributed by atoms with E-state index in [-0.39, 0.29) is 6.04 Å². The molecule has 0 amide bonds. The Morgan fingerprint density at radius 2 is 2.06 bits per heavy atom. The Bertz CT molecular complexity index is 521. The number of nitrogens with zero attached hydrogens (tertiary/aromatic N) is 2. The fourth-order valence-electron chi connectivity index (χ4n) is 1.75. The quantitative estimate of drug-likeness (QED) is 0.649. The van der Waals surface area contributed by atoms with Crippen LogP contribution in [0.15, 0.2) is 36.9 Å². The van der Waals surface area contributed by atoms with Crippen LogP contribution in [0.5, 0.6) is 5.75 Å². The molecule has 18 heavy (non-hydrogen) atoms. The minimum atomic E-state index is -0.251. The van der Waals surface area contributed by atoms with Gasteiger partial charge in [-0.2, -0.15) is 0 Å². The molecule has 5 nitrogen and oxygen atoms in total. The van der Waals surface area contributed by atoms with Crippen LogP contribution in [0.4, 0.5) is 0 Å². The first kappa shape index (κ1) is 12.8. The first-order valence-corrected chi connectivity index (χ1v) is 5.68. The summed E-state index contributed by atoms with van der Waals surface area (Å²) in [7, 11) is 1.59. The molecule has 0 spiro atoms. The lowest BCUT2D eigenvalue weighted by molar-refractivity contribution is 0.404. The zero-order chi connectivity index (χ0) is 13.0. The van der Waals surface area contributed by atoms with Gasteiger partial charge in [-0.3, -0.25) is 5.84 Å². The van der Waals surface area contributed by atoms with Gasteiger partial charge in [0.15, 0.2) is 0 Å². The Labute approximate surface area is 110 Å². The van der Waals surface area contributed by atoms with Crippen molar-refractivity contribution in [3.05, 3.63) is 53.1 Å². The van der Waals surface area contributed by atoms with Crippen LogP contribution in [0.25, 0.3) is 0 Å². The Balaban J connectivity index is 2.45. The molecule has 94 valence electrons. The number of methoxy groups -OCH3 is 1.